The van der Waals surface area contributed by atoms with Gasteiger partial charge in [-0.3, -0.25) is 4.79 Å². The summed E-state index contributed by atoms with van der Waals surface area (Å²) in [7, 11) is 0. The molecule has 2 heterocycles. The Balaban J connectivity index is 1.79. The molecule has 35 heavy (non-hydrogen) atoms. The van der Waals surface area contributed by atoms with Crippen molar-refractivity contribution in [1.29, 1.82) is 0 Å². The van der Waals surface area contributed by atoms with Crippen molar-refractivity contribution in [2.45, 2.75) is 44.8 Å². The van der Waals surface area contributed by atoms with Crippen molar-refractivity contribution >= 4 is 18.1 Å². The molecule has 0 saturated carbocycles. The van der Waals surface area contributed by atoms with Crippen LogP contribution in [0.5, 0.6) is 0 Å². The summed E-state index contributed by atoms with van der Waals surface area (Å²) in [4.78, 5) is 16.3. The third kappa shape index (κ3) is 5.94. The second kappa shape index (κ2) is 11.0. The maximum atomic E-state index is 11.9. The minimum absolute atomic E-state index is 0.0506. The molecule has 1 aromatic heterocycles. The summed E-state index contributed by atoms with van der Waals surface area (Å²) in [5.41, 5.74) is 5.40. The van der Waals surface area contributed by atoms with E-state index in [-0.39, 0.29) is 18.5 Å². The lowest BCUT2D eigenvalue weighted by Crippen LogP contribution is -2.32. The monoisotopic (exact) mass is 470 g/mol. The molecule has 4 rings (SSSR count). The highest BCUT2D eigenvalue weighted by Gasteiger charge is 2.29. The number of ether oxygens (including phenoxy) is 1. The summed E-state index contributed by atoms with van der Waals surface area (Å²) >= 11 is 0. The maximum absolute atomic E-state index is 11.9. The molecular formula is C28H30N4O3. The van der Waals surface area contributed by atoms with Gasteiger partial charge in [-0.05, 0) is 19.8 Å². The van der Waals surface area contributed by atoms with E-state index in [1.807, 2.05) is 67.6 Å². The molecule has 1 fully saturated rings. The van der Waals surface area contributed by atoms with Crippen molar-refractivity contribution < 1.29 is 14.6 Å². The van der Waals surface area contributed by atoms with Crippen molar-refractivity contribution in [3.63, 3.8) is 0 Å². The van der Waals surface area contributed by atoms with E-state index in [2.05, 4.69) is 23.5 Å². The van der Waals surface area contributed by atoms with E-state index >= 15 is 0 Å². The largest absolute Gasteiger partial charge is 0.462 e. The first-order valence-corrected chi connectivity index (χ1v) is 11.7. The van der Waals surface area contributed by atoms with E-state index in [0.717, 1.165) is 33.8 Å². The number of hydrogen-bond acceptors (Lipinski definition) is 5. The van der Waals surface area contributed by atoms with Crippen LogP contribution in [0.2, 0.25) is 0 Å². The Kier molecular flexibility index (Phi) is 7.57. The van der Waals surface area contributed by atoms with Crippen molar-refractivity contribution in [1.82, 2.24) is 15.1 Å². The van der Waals surface area contributed by atoms with Crippen LogP contribution < -0.4 is 5.32 Å². The van der Waals surface area contributed by atoms with Gasteiger partial charge < -0.3 is 15.2 Å². The fourth-order valence-electron chi connectivity index (χ4n) is 4.21. The van der Waals surface area contributed by atoms with Crippen LogP contribution in [0.1, 0.15) is 31.7 Å². The zero-order chi connectivity index (χ0) is 24.8. The summed E-state index contributed by atoms with van der Waals surface area (Å²) in [6.45, 7) is 9.82. The number of aliphatic hydroxyl groups is 1. The van der Waals surface area contributed by atoms with E-state index in [1.54, 1.807) is 11.0 Å². The van der Waals surface area contributed by atoms with Gasteiger partial charge in [0.05, 0.1) is 30.3 Å². The Morgan fingerprint density at radius 1 is 1.17 bits per heavy atom. The maximum Gasteiger partial charge on any atom is 0.308 e. The third-order valence-corrected chi connectivity index (χ3v) is 5.80. The van der Waals surface area contributed by atoms with Crippen LogP contribution in [0.15, 0.2) is 84.5 Å². The molecule has 1 aliphatic rings. The van der Waals surface area contributed by atoms with E-state index in [1.165, 1.54) is 0 Å². The van der Waals surface area contributed by atoms with Gasteiger partial charge in [0.25, 0.3) is 0 Å². The Labute approximate surface area is 205 Å². The standard InChI is InChI=1S/C28H30N4O3/c1-19(2)29-18-30-20(3)32-28(22-12-8-5-9-13-22)25(27(31-32)21-10-6-4-7-11-21)15-14-24-16-23(33)17-26(34)35-24/h4-13,18,23-24,33H,1,3,14-17H2,2H3,(H,29,30)/t23?,24-/m1/s1. The van der Waals surface area contributed by atoms with Gasteiger partial charge in [0.1, 0.15) is 11.9 Å². The number of rotatable bonds is 9. The van der Waals surface area contributed by atoms with Gasteiger partial charge in [-0.2, -0.15) is 5.10 Å². The number of aliphatic hydroxyl groups excluding tert-OH is 1. The van der Waals surface area contributed by atoms with E-state index in [4.69, 9.17) is 9.84 Å². The molecule has 1 unspecified atom stereocenters. The van der Waals surface area contributed by atoms with Gasteiger partial charge >= 0.3 is 5.97 Å². The summed E-state index contributed by atoms with van der Waals surface area (Å²) in [5.74, 6) is 0.0873. The molecule has 0 spiro atoms. The molecule has 7 nitrogen and oxygen atoms in total. The number of esters is 1. The fraction of sp³-hybridized carbons (Fsp3) is 0.250. The quantitative estimate of drug-likeness (QED) is 0.267. The second-order valence-corrected chi connectivity index (χ2v) is 8.66. The van der Waals surface area contributed by atoms with Gasteiger partial charge in [0, 0.05) is 28.8 Å². The normalized spacial score (nSPS) is 17.8. The van der Waals surface area contributed by atoms with E-state index in [9.17, 15) is 9.90 Å². The van der Waals surface area contributed by atoms with Crippen molar-refractivity contribution in [3.8, 4) is 22.5 Å². The van der Waals surface area contributed by atoms with Gasteiger partial charge in [0.15, 0.2) is 0 Å². The lowest BCUT2D eigenvalue weighted by Gasteiger charge is -2.26. The Morgan fingerprint density at radius 3 is 2.46 bits per heavy atom. The minimum Gasteiger partial charge on any atom is -0.462 e. The van der Waals surface area contributed by atoms with Crippen molar-refractivity contribution in [3.05, 3.63) is 85.1 Å². The minimum atomic E-state index is -0.666. The molecule has 7 heteroatoms. The molecule has 180 valence electrons. The number of allylic oxidation sites excluding steroid dienone is 1. The van der Waals surface area contributed by atoms with Crippen molar-refractivity contribution in [2.75, 3.05) is 0 Å². The predicted octanol–water partition coefficient (Wildman–Crippen LogP) is 4.80. The molecule has 0 radical (unpaired) electrons. The number of nitrogens with zero attached hydrogens (tertiary/aromatic N) is 3. The Bertz CT molecular complexity index is 1230. The van der Waals surface area contributed by atoms with Crippen molar-refractivity contribution in [2.24, 2.45) is 4.99 Å². The number of carbonyl (C=O) groups is 1. The van der Waals surface area contributed by atoms with Crippen LogP contribution in [0.3, 0.4) is 0 Å². The average molecular weight is 471 g/mol. The number of hydrogen-bond donors (Lipinski definition) is 2. The second-order valence-electron chi connectivity index (χ2n) is 8.66. The van der Waals surface area contributed by atoms with Crippen LogP contribution in [0.25, 0.3) is 28.3 Å². The molecule has 2 atom stereocenters. The average Bonchev–Trinajstić information content (AvgIpc) is 3.22. The lowest BCUT2D eigenvalue weighted by molar-refractivity contribution is -0.160. The molecule has 3 aromatic rings. The zero-order valence-electron chi connectivity index (χ0n) is 19.9. The molecule has 2 N–H and O–H groups in total. The number of aliphatic imine (C=N–C) groups is 1. The first-order valence-electron chi connectivity index (χ1n) is 11.7. The zero-order valence-corrected chi connectivity index (χ0v) is 19.9. The number of carbonyl (C=O) groups excluding carboxylic acids is 1. The highest BCUT2D eigenvalue weighted by molar-refractivity contribution is 5.78. The lowest BCUT2D eigenvalue weighted by atomic mass is 9.94. The summed E-state index contributed by atoms with van der Waals surface area (Å²) in [6, 6.07) is 19.9. The molecular weight excluding hydrogens is 440 g/mol. The van der Waals surface area contributed by atoms with Gasteiger partial charge in [-0.25, -0.2) is 9.67 Å². The molecule has 0 amide bonds. The summed E-state index contributed by atoms with van der Waals surface area (Å²) < 4.78 is 7.27. The number of aromatic nitrogens is 2. The van der Waals surface area contributed by atoms with Crippen LogP contribution in [-0.4, -0.2) is 39.4 Å². The predicted molar refractivity (Wildman–Crippen MR) is 138 cm³/mol. The van der Waals surface area contributed by atoms with Crippen LogP contribution in [0.4, 0.5) is 0 Å². The molecule has 0 bridgehead atoms. The van der Waals surface area contributed by atoms with Crippen LogP contribution in [-0.2, 0) is 16.0 Å². The fourth-order valence-corrected chi connectivity index (χ4v) is 4.21. The summed E-state index contributed by atoms with van der Waals surface area (Å²) in [6.07, 6.45) is 2.19. The highest BCUT2D eigenvalue weighted by Crippen LogP contribution is 2.36. The Hall–Kier alpha value is -3.97. The Morgan fingerprint density at radius 2 is 1.83 bits per heavy atom. The first-order chi connectivity index (χ1) is 16.9. The van der Waals surface area contributed by atoms with Crippen LogP contribution >= 0.6 is 0 Å². The first kappa shape index (κ1) is 24.2. The van der Waals surface area contributed by atoms with E-state index < -0.39 is 6.10 Å². The van der Waals surface area contributed by atoms with Gasteiger partial charge in [-0.1, -0.05) is 73.8 Å². The topological polar surface area (TPSA) is 88.7 Å². The third-order valence-electron chi connectivity index (χ3n) is 5.80. The summed E-state index contributed by atoms with van der Waals surface area (Å²) in [5, 5.41) is 18.0. The van der Waals surface area contributed by atoms with Gasteiger partial charge in [0.2, 0.25) is 0 Å². The number of cyclic esters (lactones) is 1. The number of benzene rings is 2. The smallest absolute Gasteiger partial charge is 0.308 e. The van der Waals surface area contributed by atoms with Gasteiger partial charge in [-0.15, -0.1) is 0 Å². The molecule has 1 saturated heterocycles. The van der Waals surface area contributed by atoms with Crippen LogP contribution in [0, 0.1) is 0 Å². The molecule has 0 aliphatic carbocycles. The highest BCUT2D eigenvalue weighted by atomic mass is 16.5. The molecule has 1 aliphatic heterocycles. The SMILES string of the molecule is C=C(C)N/C=N/C(=C)n1nc(-c2ccccc2)c(CC[C@@H]2CC(O)CC(=O)O2)c1-c1ccccc1. The molecule has 2 aromatic carbocycles. The van der Waals surface area contributed by atoms with E-state index in [0.29, 0.717) is 25.1 Å². The number of nitrogens with one attached hydrogen (secondary N) is 1.